The molecule has 0 fully saturated rings. The first-order valence-corrected chi connectivity index (χ1v) is 8.98. The van der Waals surface area contributed by atoms with Crippen molar-refractivity contribution in [1.82, 2.24) is 0 Å². The van der Waals surface area contributed by atoms with E-state index in [0.29, 0.717) is 17.9 Å². The number of phenols is 1. The summed E-state index contributed by atoms with van der Waals surface area (Å²) < 4.78 is 7.16. The molecule has 2 aromatic rings. The van der Waals surface area contributed by atoms with Crippen LogP contribution < -0.4 is 10.1 Å². The first-order valence-electron chi connectivity index (χ1n) is 7.40. The third-order valence-electron chi connectivity index (χ3n) is 3.82. The monoisotopic (exact) mass is 451 g/mol. The second-order valence-corrected chi connectivity index (χ2v) is 7.10. The Hall–Kier alpha value is -1.79. The number of halogens is 2. The van der Waals surface area contributed by atoms with Gasteiger partial charge in [0.05, 0.1) is 12.3 Å². The molecule has 1 aliphatic rings. The lowest BCUT2D eigenvalue weighted by Crippen LogP contribution is -2.03. The summed E-state index contributed by atoms with van der Waals surface area (Å²) in [4.78, 5) is 12.4. The maximum atomic E-state index is 12.4. The molecule has 2 N–H and O–H groups in total. The van der Waals surface area contributed by atoms with Gasteiger partial charge in [-0.05, 0) is 65.2 Å². The van der Waals surface area contributed by atoms with E-state index in [1.54, 1.807) is 24.3 Å². The van der Waals surface area contributed by atoms with Gasteiger partial charge in [0.1, 0.15) is 0 Å². The van der Waals surface area contributed by atoms with Crippen LogP contribution in [0.4, 0.5) is 5.69 Å². The van der Waals surface area contributed by atoms with Crippen molar-refractivity contribution in [2.24, 2.45) is 0 Å². The van der Waals surface area contributed by atoms with Gasteiger partial charge in [0.25, 0.3) is 5.91 Å². The average molecular weight is 453 g/mol. The van der Waals surface area contributed by atoms with Crippen molar-refractivity contribution >= 4 is 55.1 Å². The Balaban J connectivity index is 2.14. The molecule has 124 valence electrons. The minimum absolute atomic E-state index is 0.0805. The first-order chi connectivity index (χ1) is 11.4. The summed E-state index contributed by atoms with van der Waals surface area (Å²) in [7, 11) is 0. The Morgan fingerprint density at radius 1 is 1.25 bits per heavy atom. The van der Waals surface area contributed by atoms with Crippen LogP contribution in [0.5, 0.6) is 11.5 Å². The molecule has 0 unspecified atom stereocenters. The van der Waals surface area contributed by atoms with E-state index in [-0.39, 0.29) is 11.7 Å². The third-order valence-corrected chi connectivity index (χ3v) is 5.27. The van der Waals surface area contributed by atoms with Crippen LogP contribution in [0.1, 0.15) is 23.6 Å². The Kier molecular flexibility index (Phi) is 4.69. The maximum absolute atomic E-state index is 12.4. The van der Waals surface area contributed by atoms with Gasteiger partial charge < -0.3 is 15.2 Å². The fourth-order valence-corrected chi connectivity index (χ4v) is 3.93. The van der Waals surface area contributed by atoms with Gasteiger partial charge in [-0.15, -0.1) is 0 Å². The van der Waals surface area contributed by atoms with Gasteiger partial charge in [0, 0.05) is 20.1 Å². The quantitative estimate of drug-likeness (QED) is 0.635. The van der Waals surface area contributed by atoms with Crippen molar-refractivity contribution in [3.05, 3.63) is 49.9 Å². The number of carbonyl (C=O) groups excluding carboxylic acids is 1. The van der Waals surface area contributed by atoms with Crippen LogP contribution in [0.15, 0.2) is 33.2 Å². The zero-order valence-corrected chi connectivity index (χ0v) is 16.3. The van der Waals surface area contributed by atoms with Gasteiger partial charge in [0.15, 0.2) is 11.5 Å². The molecule has 0 aromatic heterocycles. The van der Waals surface area contributed by atoms with Crippen LogP contribution in [-0.4, -0.2) is 17.6 Å². The van der Waals surface area contributed by atoms with Gasteiger partial charge in [-0.2, -0.15) is 0 Å². The topological polar surface area (TPSA) is 58.6 Å². The number of hydrogen-bond acceptors (Lipinski definition) is 3. The molecular formula is C18H15Br2NO3. The summed E-state index contributed by atoms with van der Waals surface area (Å²) in [6, 6.07) is 6.96. The molecule has 0 radical (unpaired) electrons. The summed E-state index contributed by atoms with van der Waals surface area (Å²) in [6.07, 6.45) is 1.80. The Morgan fingerprint density at radius 2 is 2.00 bits per heavy atom. The Bertz CT molecular complexity index is 875. The van der Waals surface area contributed by atoms with Gasteiger partial charge in [-0.1, -0.05) is 22.0 Å². The molecule has 0 atom stereocenters. The standard InChI is InChI=1S/C18H15Br2NO3/c1-3-24-15-7-10(4-5-14(15)22)6-11-16-9(2)12(19)8-13(20)17(16)21-18(11)23/h4-8,22H,3H2,1-2H3,(H,21,23). The molecule has 0 bridgehead atoms. The van der Waals surface area contributed by atoms with Crippen molar-refractivity contribution < 1.29 is 14.6 Å². The molecule has 6 heteroatoms. The number of carbonyl (C=O) groups is 1. The summed E-state index contributed by atoms with van der Waals surface area (Å²) in [5, 5.41) is 12.7. The summed E-state index contributed by atoms with van der Waals surface area (Å²) in [5.41, 5.74) is 3.99. The number of aromatic hydroxyl groups is 1. The van der Waals surface area contributed by atoms with Crippen LogP contribution in [-0.2, 0) is 4.79 Å². The smallest absolute Gasteiger partial charge is 0.256 e. The van der Waals surface area contributed by atoms with Crippen molar-refractivity contribution in [2.75, 3.05) is 11.9 Å². The predicted octanol–water partition coefficient (Wildman–Crippen LogP) is 5.12. The first kappa shape index (κ1) is 17.0. The van der Waals surface area contributed by atoms with Crippen LogP contribution >= 0.6 is 31.9 Å². The highest BCUT2D eigenvalue weighted by atomic mass is 79.9. The van der Waals surface area contributed by atoms with E-state index in [1.807, 2.05) is 19.9 Å². The largest absolute Gasteiger partial charge is 0.504 e. The number of amides is 1. The molecular weight excluding hydrogens is 438 g/mol. The molecule has 3 rings (SSSR count). The number of benzene rings is 2. The second-order valence-electron chi connectivity index (χ2n) is 5.39. The maximum Gasteiger partial charge on any atom is 0.256 e. The van der Waals surface area contributed by atoms with E-state index in [1.165, 1.54) is 0 Å². The number of nitrogens with one attached hydrogen (secondary N) is 1. The molecule has 0 spiro atoms. The van der Waals surface area contributed by atoms with Crippen molar-refractivity contribution in [2.45, 2.75) is 13.8 Å². The number of fused-ring (bicyclic) bond motifs is 1. The van der Waals surface area contributed by atoms with Crippen LogP contribution in [0.3, 0.4) is 0 Å². The molecule has 0 saturated carbocycles. The highest BCUT2D eigenvalue weighted by molar-refractivity contribution is 9.11. The lowest BCUT2D eigenvalue weighted by Gasteiger charge is -2.09. The summed E-state index contributed by atoms with van der Waals surface area (Å²) in [5.74, 6) is 0.326. The summed E-state index contributed by atoms with van der Waals surface area (Å²) in [6.45, 7) is 4.27. The molecule has 1 amide bonds. The lowest BCUT2D eigenvalue weighted by atomic mass is 9.99. The fourth-order valence-electron chi connectivity index (χ4n) is 2.67. The SMILES string of the molecule is CCOc1cc(C=C2C(=O)Nc3c(Br)cc(Br)c(C)c32)ccc1O. The molecule has 4 nitrogen and oxygen atoms in total. The fraction of sp³-hybridized carbons (Fsp3) is 0.167. The van der Waals surface area contributed by atoms with Crippen molar-refractivity contribution in [3.63, 3.8) is 0 Å². The lowest BCUT2D eigenvalue weighted by molar-refractivity contribution is -0.110. The molecule has 1 aliphatic heterocycles. The van der Waals surface area contributed by atoms with Crippen LogP contribution in [0, 0.1) is 6.92 Å². The van der Waals surface area contributed by atoms with E-state index >= 15 is 0 Å². The van der Waals surface area contributed by atoms with Crippen LogP contribution in [0.2, 0.25) is 0 Å². The normalized spacial score (nSPS) is 14.7. The van der Waals surface area contributed by atoms with Crippen molar-refractivity contribution in [3.8, 4) is 11.5 Å². The van der Waals surface area contributed by atoms with Gasteiger partial charge >= 0.3 is 0 Å². The van der Waals surface area contributed by atoms with E-state index in [4.69, 9.17) is 4.74 Å². The zero-order valence-electron chi connectivity index (χ0n) is 13.1. The van der Waals surface area contributed by atoms with E-state index in [2.05, 4.69) is 37.2 Å². The minimum atomic E-state index is -0.155. The number of hydrogen-bond donors (Lipinski definition) is 2. The highest BCUT2D eigenvalue weighted by Gasteiger charge is 2.29. The predicted molar refractivity (Wildman–Crippen MR) is 102 cm³/mol. The Morgan fingerprint density at radius 3 is 2.71 bits per heavy atom. The van der Waals surface area contributed by atoms with Gasteiger partial charge in [-0.25, -0.2) is 0 Å². The Labute approximate surface area is 156 Å². The molecule has 24 heavy (non-hydrogen) atoms. The second kappa shape index (κ2) is 6.61. The molecule has 0 saturated heterocycles. The van der Waals surface area contributed by atoms with Gasteiger partial charge in [-0.3, -0.25) is 4.79 Å². The third kappa shape index (κ3) is 2.96. The number of ether oxygens (including phenoxy) is 1. The number of rotatable bonds is 3. The van der Waals surface area contributed by atoms with Gasteiger partial charge in [0.2, 0.25) is 0 Å². The highest BCUT2D eigenvalue weighted by Crippen LogP contribution is 2.43. The average Bonchev–Trinajstić information content (AvgIpc) is 2.86. The minimum Gasteiger partial charge on any atom is -0.504 e. The molecule has 0 aliphatic carbocycles. The van der Waals surface area contributed by atoms with Crippen molar-refractivity contribution in [1.29, 1.82) is 0 Å². The van der Waals surface area contributed by atoms with E-state index in [0.717, 1.165) is 31.3 Å². The number of phenolic OH excluding ortho intramolecular Hbond substituents is 1. The molecule has 1 heterocycles. The van der Waals surface area contributed by atoms with E-state index in [9.17, 15) is 9.90 Å². The number of anilines is 1. The van der Waals surface area contributed by atoms with Crippen LogP contribution in [0.25, 0.3) is 11.6 Å². The summed E-state index contributed by atoms with van der Waals surface area (Å²) >= 11 is 7.01. The zero-order chi connectivity index (χ0) is 17.4. The molecule has 2 aromatic carbocycles. The van der Waals surface area contributed by atoms with E-state index < -0.39 is 0 Å².